The molecule has 0 rings (SSSR count). The number of hydrogen-bond donors (Lipinski definition) is 0. The lowest BCUT2D eigenvalue weighted by molar-refractivity contribution is -0.141. The summed E-state index contributed by atoms with van der Waals surface area (Å²) in [5.41, 5.74) is 0.306. The number of rotatable bonds is 7. The lowest BCUT2D eigenvalue weighted by atomic mass is 10.1. The van der Waals surface area contributed by atoms with E-state index in [0.29, 0.717) is 24.3 Å². The molecule has 0 spiro atoms. The molecule has 4 nitrogen and oxygen atoms in total. The normalized spacial score (nSPS) is 11.1. The highest BCUT2D eigenvalue weighted by Crippen LogP contribution is 2.09. The Balaban J connectivity index is 4.51. The van der Waals surface area contributed by atoms with E-state index in [1.165, 1.54) is 6.08 Å². The highest BCUT2D eigenvalue weighted by Gasteiger charge is 2.12. The smallest absolute Gasteiger partial charge is 0.334 e. The first kappa shape index (κ1) is 15.0. The Morgan fingerprint density at radius 3 is 2.31 bits per heavy atom. The van der Waals surface area contributed by atoms with Gasteiger partial charge in [0.2, 0.25) is 0 Å². The van der Waals surface area contributed by atoms with Crippen LogP contribution >= 0.6 is 11.6 Å². The molecule has 0 saturated heterocycles. The maximum atomic E-state index is 11.4. The summed E-state index contributed by atoms with van der Waals surface area (Å²) in [6.07, 6.45) is 2.21. The molecule has 0 aliphatic heterocycles. The minimum Gasteiger partial charge on any atom is -0.463 e. The molecular formula is C11H17ClO4. The lowest BCUT2D eigenvalue weighted by Crippen LogP contribution is -2.11. The van der Waals surface area contributed by atoms with Gasteiger partial charge in [-0.3, -0.25) is 0 Å². The summed E-state index contributed by atoms with van der Waals surface area (Å²) in [4.78, 5) is 22.6. The molecule has 0 bridgehead atoms. The van der Waals surface area contributed by atoms with E-state index in [1.54, 1.807) is 13.8 Å². The van der Waals surface area contributed by atoms with Crippen molar-refractivity contribution >= 4 is 23.5 Å². The van der Waals surface area contributed by atoms with E-state index in [0.717, 1.165) is 0 Å². The van der Waals surface area contributed by atoms with E-state index in [-0.39, 0.29) is 13.2 Å². The van der Waals surface area contributed by atoms with Crippen LogP contribution in [0.5, 0.6) is 0 Å². The van der Waals surface area contributed by atoms with Crippen molar-refractivity contribution in [2.24, 2.45) is 0 Å². The van der Waals surface area contributed by atoms with Crippen molar-refractivity contribution < 1.29 is 19.1 Å². The molecule has 0 aliphatic carbocycles. The largest absolute Gasteiger partial charge is 0.463 e. The van der Waals surface area contributed by atoms with Gasteiger partial charge in [0.1, 0.15) is 0 Å². The van der Waals surface area contributed by atoms with E-state index >= 15 is 0 Å². The molecule has 0 heterocycles. The quantitative estimate of drug-likeness (QED) is 0.393. The highest BCUT2D eigenvalue weighted by molar-refractivity contribution is 6.17. The lowest BCUT2D eigenvalue weighted by Gasteiger charge is -2.05. The summed E-state index contributed by atoms with van der Waals surface area (Å²) in [6.45, 7) is 3.97. The molecule has 92 valence electrons. The fourth-order valence-corrected chi connectivity index (χ4v) is 1.17. The minimum absolute atomic E-state index is 0.278. The van der Waals surface area contributed by atoms with Crippen molar-refractivity contribution in [3.63, 3.8) is 0 Å². The fourth-order valence-electron chi connectivity index (χ4n) is 1.04. The van der Waals surface area contributed by atoms with Crippen molar-refractivity contribution in [1.82, 2.24) is 0 Å². The van der Waals surface area contributed by atoms with Gasteiger partial charge >= 0.3 is 11.9 Å². The van der Waals surface area contributed by atoms with Crippen LogP contribution in [0.2, 0.25) is 0 Å². The highest BCUT2D eigenvalue weighted by atomic mass is 35.5. The van der Waals surface area contributed by atoms with Gasteiger partial charge in [0.05, 0.1) is 13.2 Å². The van der Waals surface area contributed by atoms with Crippen molar-refractivity contribution in [3.05, 3.63) is 11.6 Å². The molecule has 0 aromatic carbocycles. The maximum Gasteiger partial charge on any atom is 0.334 e. The van der Waals surface area contributed by atoms with Crippen LogP contribution in [0, 0.1) is 0 Å². The first-order chi connectivity index (χ1) is 7.65. The molecular weight excluding hydrogens is 232 g/mol. The molecule has 0 atom stereocenters. The molecule has 0 unspecified atom stereocenters. The summed E-state index contributed by atoms with van der Waals surface area (Å²) in [7, 11) is 0. The summed E-state index contributed by atoms with van der Waals surface area (Å²) in [5.74, 6) is -0.583. The molecule has 0 amide bonds. The molecule has 0 aliphatic rings. The van der Waals surface area contributed by atoms with Gasteiger partial charge in [-0.2, -0.15) is 0 Å². The Bertz CT molecular complexity index is 261. The van der Waals surface area contributed by atoms with Crippen LogP contribution in [0.15, 0.2) is 11.6 Å². The predicted octanol–water partition coefficient (Wildman–Crippen LogP) is 2.06. The molecule has 0 N–H and O–H groups in total. The Labute approximate surface area is 101 Å². The third-order valence-electron chi connectivity index (χ3n) is 1.70. The number of carbonyl (C=O) groups excluding carboxylic acids is 2. The maximum absolute atomic E-state index is 11.4. The molecule has 5 heteroatoms. The summed E-state index contributed by atoms with van der Waals surface area (Å²) in [5, 5.41) is 0. The Hall–Kier alpha value is -1.03. The van der Waals surface area contributed by atoms with Gasteiger partial charge in [-0.15, -0.1) is 11.6 Å². The molecule has 0 aromatic heterocycles. The van der Waals surface area contributed by atoms with Crippen molar-refractivity contribution in [1.29, 1.82) is 0 Å². The van der Waals surface area contributed by atoms with Crippen LogP contribution in [0.4, 0.5) is 0 Å². The van der Waals surface area contributed by atoms with Gasteiger partial charge in [0.25, 0.3) is 0 Å². The number of ether oxygens (including phenoxy) is 2. The average Bonchev–Trinajstić information content (AvgIpc) is 2.24. The third-order valence-corrected chi connectivity index (χ3v) is 1.96. The van der Waals surface area contributed by atoms with Crippen LogP contribution in [0.1, 0.15) is 26.7 Å². The second kappa shape index (κ2) is 9.21. The van der Waals surface area contributed by atoms with Gasteiger partial charge in [0.15, 0.2) is 0 Å². The number of halogens is 1. The minimum atomic E-state index is -0.528. The van der Waals surface area contributed by atoms with Crippen LogP contribution in [-0.4, -0.2) is 31.0 Å². The van der Waals surface area contributed by atoms with Crippen molar-refractivity contribution in [3.8, 4) is 0 Å². The molecule has 0 aromatic rings. The van der Waals surface area contributed by atoms with E-state index in [2.05, 4.69) is 0 Å². The Kier molecular flexibility index (Phi) is 8.62. The van der Waals surface area contributed by atoms with Crippen molar-refractivity contribution in [2.45, 2.75) is 26.7 Å². The van der Waals surface area contributed by atoms with E-state index in [4.69, 9.17) is 21.1 Å². The zero-order valence-electron chi connectivity index (χ0n) is 9.62. The first-order valence-corrected chi connectivity index (χ1v) is 5.79. The number of hydrogen-bond acceptors (Lipinski definition) is 4. The number of alkyl halides is 1. The van der Waals surface area contributed by atoms with Crippen LogP contribution in [-0.2, 0) is 19.1 Å². The summed E-state index contributed by atoms with van der Waals surface area (Å²) < 4.78 is 9.55. The monoisotopic (exact) mass is 248 g/mol. The van der Waals surface area contributed by atoms with Gasteiger partial charge < -0.3 is 9.47 Å². The molecule has 0 saturated carbocycles. The third kappa shape index (κ3) is 6.45. The second-order valence-corrected chi connectivity index (χ2v) is 3.31. The number of esters is 2. The van der Waals surface area contributed by atoms with Gasteiger partial charge in [-0.05, 0) is 26.7 Å². The standard InChI is InChI=1S/C11H17ClO4/c1-3-15-10(13)8-9(6-5-7-12)11(14)16-4-2/h8H,3-7H2,1-2H3/b9-8-. The zero-order valence-corrected chi connectivity index (χ0v) is 10.4. The van der Waals surface area contributed by atoms with Crippen LogP contribution < -0.4 is 0 Å². The predicted molar refractivity (Wildman–Crippen MR) is 61.3 cm³/mol. The van der Waals surface area contributed by atoms with Gasteiger partial charge in [-0.25, -0.2) is 9.59 Å². The topological polar surface area (TPSA) is 52.6 Å². The number of carbonyl (C=O) groups is 2. The molecule has 16 heavy (non-hydrogen) atoms. The van der Waals surface area contributed by atoms with Gasteiger partial charge in [-0.1, -0.05) is 0 Å². The molecule has 0 fully saturated rings. The average molecular weight is 249 g/mol. The van der Waals surface area contributed by atoms with E-state index in [9.17, 15) is 9.59 Å². The second-order valence-electron chi connectivity index (χ2n) is 2.93. The Morgan fingerprint density at radius 1 is 1.19 bits per heavy atom. The van der Waals surface area contributed by atoms with Crippen LogP contribution in [0.3, 0.4) is 0 Å². The SMILES string of the molecule is CCOC(=O)/C=C(/CCCCl)C(=O)OCC. The molecule has 0 radical (unpaired) electrons. The van der Waals surface area contributed by atoms with Crippen molar-refractivity contribution in [2.75, 3.05) is 19.1 Å². The zero-order chi connectivity index (χ0) is 12.4. The summed E-state index contributed by atoms with van der Waals surface area (Å²) >= 11 is 5.53. The van der Waals surface area contributed by atoms with E-state index < -0.39 is 11.9 Å². The Morgan fingerprint density at radius 2 is 1.81 bits per heavy atom. The summed E-state index contributed by atoms with van der Waals surface area (Å²) in [6, 6.07) is 0. The van der Waals surface area contributed by atoms with Crippen LogP contribution in [0.25, 0.3) is 0 Å². The van der Waals surface area contributed by atoms with E-state index in [1.807, 2.05) is 0 Å². The fraction of sp³-hybridized carbons (Fsp3) is 0.636. The van der Waals surface area contributed by atoms with Gasteiger partial charge in [0, 0.05) is 17.5 Å². The first-order valence-electron chi connectivity index (χ1n) is 5.26.